The molecule has 0 atom stereocenters. The molecule has 4 rings (SSSR count). The fraction of sp³-hybridized carbons (Fsp3) is 0.333. The maximum Gasteiger partial charge on any atom is 0.245 e. The average molecular weight is 417 g/mol. The maximum absolute atomic E-state index is 13.1. The number of nitrogens with zero attached hydrogens (tertiary/aromatic N) is 4. The van der Waals surface area contributed by atoms with Gasteiger partial charge in [0.25, 0.3) is 0 Å². The Labute approximate surface area is 173 Å². The molecule has 0 radical (unpaired) electrons. The monoisotopic (exact) mass is 416 g/mol. The number of ether oxygens (including phenoxy) is 2. The van der Waals surface area contributed by atoms with Crippen molar-refractivity contribution in [2.45, 2.75) is 12.8 Å². The van der Waals surface area contributed by atoms with Crippen LogP contribution in [0, 0.1) is 5.82 Å². The Morgan fingerprint density at radius 1 is 1.14 bits per heavy atom. The van der Waals surface area contributed by atoms with Crippen molar-refractivity contribution in [3.05, 3.63) is 48.4 Å². The first kappa shape index (κ1) is 19.7. The Morgan fingerprint density at radius 2 is 1.90 bits per heavy atom. The molecule has 2 heterocycles. The van der Waals surface area contributed by atoms with E-state index in [0.717, 1.165) is 25.0 Å². The van der Waals surface area contributed by atoms with Gasteiger partial charge in [-0.3, -0.25) is 4.90 Å². The number of likely N-dealkylation sites (tertiary alicyclic amines) is 1. The lowest BCUT2D eigenvalue weighted by Gasteiger charge is -2.17. The van der Waals surface area contributed by atoms with E-state index in [1.807, 2.05) is 6.07 Å². The smallest absolute Gasteiger partial charge is 0.245 e. The standard InChI is InChI=1S/C21H22ClFN4O2/c1-28-19-13-18-15(12-20(19)29-11-10-26-8-2-3-9-26)14-24-21(25-18)27(22)17-6-4-16(23)5-7-17/h4-7,12-14H,2-3,8-11H2,1H3. The van der Waals surface area contributed by atoms with E-state index in [9.17, 15) is 4.39 Å². The van der Waals surface area contributed by atoms with Crippen LogP contribution in [0.1, 0.15) is 12.8 Å². The first-order chi connectivity index (χ1) is 14.1. The van der Waals surface area contributed by atoms with Crippen molar-refractivity contribution in [1.82, 2.24) is 14.9 Å². The molecular formula is C21H22ClFN4O2. The number of methoxy groups -OCH3 is 1. The van der Waals surface area contributed by atoms with Gasteiger partial charge in [0.05, 0.1) is 18.3 Å². The third-order valence-corrected chi connectivity index (χ3v) is 5.29. The molecule has 6 nitrogen and oxygen atoms in total. The van der Waals surface area contributed by atoms with Gasteiger partial charge >= 0.3 is 0 Å². The highest BCUT2D eigenvalue weighted by Gasteiger charge is 2.15. The van der Waals surface area contributed by atoms with E-state index in [4.69, 9.17) is 21.3 Å². The number of halogens is 2. The van der Waals surface area contributed by atoms with Crippen LogP contribution in [0.3, 0.4) is 0 Å². The molecule has 0 saturated carbocycles. The summed E-state index contributed by atoms with van der Waals surface area (Å²) in [6.07, 6.45) is 4.20. The number of rotatable bonds is 7. The Morgan fingerprint density at radius 3 is 2.62 bits per heavy atom. The van der Waals surface area contributed by atoms with Gasteiger partial charge in [0.2, 0.25) is 5.95 Å². The zero-order valence-electron chi connectivity index (χ0n) is 16.1. The third-order valence-electron chi connectivity index (χ3n) is 4.95. The third kappa shape index (κ3) is 4.52. The van der Waals surface area contributed by atoms with Crippen LogP contribution < -0.4 is 13.9 Å². The molecule has 8 heteroatoms. The molecule has 0 bridgehead atoms. The molecule has 0 spiro atoms. The second-order valence-corrected chi connectivity index (χ2v) is 7.22. The number of hydrogen-bond donors (Lipinski definition) is 0. The zero-order valence-corrected chi connectivity index (χ0v) is 16.9. The highest BCUT2D eigenvalue weighted by Crippen LogP contribution is 2.33. The molecule has 1 fully saturated rings. The highest BCUT2D eigenvalue weighted by atomic mass is 35.5. The second-order valence-electron chi connectivity index (χ2n) is 6.89. The Bertz CT molecular complexity index is 980. The molecule has 0 amide bonds. The first-order valence-corrected chi connectivity index (χ1v) is 9.89. The summed E-state index contributed by atoms with van der Waals surface area (Å²) in [5, 5.41) is 0.815. The number of anilines is 2. The lowest BCUT2D eigenvalue weighted by molar-refractivity contribution is 0.230. The van der Waals surface area contributed by atoms with E-state index in [1.54, 1.807) is 31.5 Å². The first-order valence-electron chi connectivity index (χ1n) is 9.55. The molecule has 1 aliphatic rings. The molecule has 152 valence electrons. The van der Waals surface area contributed by atoms with Gasteiger partial charge in [0.15, 0.2) is 11.5 Å². The summed E-state index contributed by atoms with van der Waals surface area (Å²) in [5.74, 6) is 1.22. The van der Waals surface area contributed by atoms with Crippen LogP contribution in [-0.4, -0.2) is 48.2 Å². The van der Waals surface area contributed by atoms with Gasteiger partial charge in [-0.2, -0.15) is 0 Å². The van der Waals surface area contributed by atoms with Gasteiger partial charge in [-0.1, -0.05) is 0 Å². The fourth-order valence-corrected chi connectivity index (χ4v) is 3.57. The Balaban J connectivity index is 1.54. The molecule has 0 aliphatic carbocycles. The van der Waals surface area contributed by atoms with E-state index in [1.165, 1.54) is 29.4 Å². The molecule has 3 aromatic rings. The lowest BCUT2D eigenvalue weighted by atomic mass is 10.2. The average Bonchev–Trinajstić information content (AvgIpc) is 3.26. The van der Waals surface area contributed by atoms with E-state index in [0.29, 0.717) is 29.3 Å². The summed E-state index contributed by atoms with van der Waals surface area (Å²) in [7, 11) is 1.60. The van der Waals surface area contributed by atoms with Gasteiger partial charge in [-0.25, -0.2) is 18.8 Å². The van der Waals surface area contributed by atoms with Crippen LogP contribution >= 0.6 is 11.8 Å². The van der Waals surface area contributed by atoms with Crippen molar-refractivity contribution in [2.75, 3.05) is 37.8 Å². The minimum atomic E-state index is -0.333. The van der Waals surface area contributed by atoms with E-state index in [2.05, 4.69) is 14.9 Å². The number of hydrogen-bond acceptors (Lipinski definition) is 6. The van der Waals surface area contributed by atoms with Gasteiger partial charge in [-0.05, 0) is 56.3 Å². The predicted molar refractivity (Wildman–Crippen MR) is 112 cm³/mol. The van der Waals surface area contributed by atoms with E-state index < -0.39 is 0 Å². The fourth-order valence-electron chi connectivity index (χ4n) is 3.37. The van der Waals surface area contributed by atoms with Crippen molar-refractivity contribution in [1.29, 1.82) is 0 Å². The number of benzene rings is 2. The minimum absolute atomic E-state index is 0.288. The summed E-state index contributed by atoms with van der Waals surface area (Å²) < 4.78 is 25.9. The molecule has 2 aromatic carbocycles. The summed E-state index contributed by atoms with van der Waals surface area (Å²) in [4.78, 5) is 11.2. The largest absolute Gasteiger partial charge is 0.493 e. The normalized spacial score (nSPS) is 14.3. The van der Waals surface area contributed by atoms with Crippen molar-refractivity contribution in [3.8, 4) is 11.5 Å². The van der Waals surface area contributed by atoms with Gasteiger partial charge in [0, 0.05) is 36.0 Å². The number of aromatic nitrogens is 2. The topological polar surface area (TPSA) is 50.7 Å². The number of fused-ring (bicyclic) bond motifs is 1. The molecule has 29 heavy (non-hydrogen) atoms. The summed E-state index contributed by atoms with van der Waals surface area (Å²) in [6, 6.07) is 9.47. The van der Waals surface area contributed by atoms with Crippen molar-refractivity contribution < 1.29 is 13.9 Å². The van der Waals surface area contributed by atoms with Crippen molar-refractivity contribution in [2.24, 2.45) is 0 Å². The highest BCUT2D eigenvalue weighted by molar-refractivity contribution is 6.28. The molecular weight excluding hydrogens is 395 g/mol. The predicted octanol–water partition coefficient (Wildman–Crippen LogP) is 4.54. The molecule has 1 aliphatic heterocycles. The van der Waals surface area contributed by atoms with Gasteiger partial charge in [-0.15, -0.1) is 0 Å². The van der Waals surface area contributed by atoms with Crippen LogP contribution in [0.25, 0.3) is 10.9 Å². The Hall–Kier alpha value is -2.64. The molecule has 1 saturated heterocycles. The van der Waals surface area contributed by atoms with Crippen molar-refractivity contribution >= 4 is 34.3 Å². The van der Waals surface area contributed by atoms with Crippen LogP contribution in [0.15, 0.2) is 42.6 Å². The van der Waals surface area contributed by atoms with Gasteiger partial charge < -0.3 is 9.47 Å². The van der Waals surface area contributed by atoms with Crippen molar-refractivity contribution in [3.63, 3.8) is 0 Å². The zero-order chi connectivity index (χ0) is 20.2. The van der Waals surface area contributed by atoms with Gasteiger partial charge in [0.1, 0.15) is 12.4 Å². The van der Waals surface area contributed by atoms with E-state index in [-0.39, 0.29) is 11.8 Å². The summed E-state index contributed by atoms with van der Waals surface area (Å²) >= 11 is 6.35. The quantitative estimate of drug-likeness (QED) is 0.527. The Kier molecular flexibility index (Phi) is 5.97. The molecule has 0 N–H and O–H groups in total. The van der Waals surface area contributed by atoms with Crippen LogP contribution in [0.4, 0.5) is 16.0 Å². The van der Waals surface area contributed by atoms with E-state index >= 15 is 0 Å². The summed E-state index contributed by atoms with van der Waals surface area (Å²) in [6.45, 7) is 3.77. The molecule has 0 unspecified atom stereocenters. The summed E-state index contributed by atoms with van der Waals surface area (Å²) in [5.41, 5.74) is 1.24. The lowest BCUT2D eigenvalue weighted by Crippen LogP contribution is -2.25. The SMILES string of the molecule is COc1cc2nc(N(Cl)c3ccc(F)cc3)ncc2cc1OCCN1CCCC1. The maximum atomic E-state index is 13.1. The van der Waals surface area contributed by atoms with Crippen LogP contribution in [0.5, 0.6) is 11.5 Å². The van der Waals surface area contributed by atoms with Crippen LogP contribution in [0.2, 0.25) is 0 Å². The minimum Gasteiger partial charge on any atom is -0.493 e. The second kappa shape index (κ2) is 8.80. The van der Waals surface area contributed by atoms with Crippen LogP contribution in [-0.2, 0) is 0 Å². The molecule has 1 aromatic heterocycles.